The highest BCUT2D eigenvalue weighted by Gasteiger charge is 2.11. The van der Waals surface area contributed by atoms with Gasteiger partial charge in [0.2, 0.25) is 0 Å². The molecule has 0 saturated heterocycles. The number of rotatable bonds is 7. The van der Waals surface area contributed by atoms with Gasteiger partial charge in [-0.3, -0.25) is 14.9 Å². The Hall–Kier alpha value is -3.22. The molecule has 2 aromatic carbocycles. The number of carbonyl (C=O) groups excluding carboxylic acids is 1. The van der Waals surface area contributed by atoms with Crippen molar-refractivity contribution in [1.29, 1.82) is 0 Å². The third-order valence-electron chi connectivity index (χ3n) is 3.97. The van der Waals surface area contributed by atoms with Gasteiger partial charge in [-0.2, -0.15) is 5.10 Å². The van der Waals surface area contributed by atoms with Crippen molar-refractivity contribution in [3.05, 3.63) is 69.3 Å². The lowest BCUT2D eigenvalue weighted by atomic mass is 10.0. The number of hydrazone groups is 1. The molecule has 2 rings (SSSR count). The van der Waals surface area contributed by atoms with E-state index in [1.807, 2.05) is 25.1 Å². The van der Waals surface area contributed by atoms with Crippen LogP contribution in [0.15, 0.2) is 47.6 Å². The molecule has 2 aromatic rings. The molecule has 0 aliphatic carbocycles. The highest BCUT2D eigenvalue weighted by atomic mass is 16.6. The number of nitrogens with one attached hydrogen (secondary N) is 1. The highest BCUT2D eigenvalue weighted by molar-refractivity contribution is 5.99. The topological polar surface area (TPSA) is 93.8 Å². The third kappa shape index (κ3) is 5.64. The van der Waals surface area contributed by atoms with Gasteiger partial charge in [0.25, 0.3) is 11.6 Å². The van der Waals surface area contributed by atoms with Gasteiger partial charge in [0.05, 0.1) is 10.6 Å². The summed E-state index contributed by atoms with van der Waals surface area (Å²) in [5.74, 6) is 0.549. The smallest absolute Gasteiger partial charge is 0.277 e. The summed E-state index contributed by atoms with van der Waals surface area (Å²) in [6.07, 6.45) is 0. The van der Waals surface area contributed by atoms with Crippen LogP contribution < -0.4 is 10.2 Å². The number of non-ortho nitro benzene ring substituents is 1. The summed E-state index contributed by atoms with van der Waals surface area (Å²) < 4.78 is 5.66. The molecule has 0 aliphatic rings. The molecule has 0 atom stereocenters. The average molecular weight is 369 g/mol. The minimum absolute atomic E-state index is 0.0302. The second-order valence-electron chi connectivity index (χ2n) is 6.52. The van der Waals surface area contributed by atoms with Crippen LogP contribution in [0.4, 0.5) is 5.69 Å². The number of carbonyl (C=O) groups is 1. The molecule has 0 unspecified atom stereocenters. The summed E-state index contributed by atoms with van der Waals surface area (Å²) in [6, 6.07) is 12.0. The van der Waals surface area contributed by atoms with Crippen LogP contribution in [-0.2, 0) is 4.79 Å². The number of nitro benzene ring substituents is 1. The molecule has 142 valence electrons. The Kier molecular flexibility index (Phi) is 6.65. The summed E-state index contributed by atoms with van der Waals surface area (Å²) in [6.45, 7) is 7.57. The van der Waals surface area contributed by atoms with Crippen LogP contribution in [0.5, 0.6) is 5.75 Å². The van der Waals surface area contributed by atoms with E-state index in [4.69, 9.17) is 4.74 Å². The van der Waals surface area contributed by atoms with E-state index in [0.717, 1.165) is 11.1 Å². The monoisotopic (exact) mass is 369 g/mol. The minimum Gasteiger partial charge on any atom is -0.483 e. The lowest BCUT2D eigenvalue weighted by Crippen LogP contribution is -2.26. The molecular formula is C20H23N3O4. The number of hydrogen-bond donors (Lipinski definition) is 1. The number of benzene rings is 2. The Morgan fingerprint density at radius 1 is 1.26 bits per heavy atom. The molecule has 0 aliphatic heterocycles. The van der Waals surface area contributed by atoms with Crippen molar-refractivity contribution >= 4 is 17.3 Å². The number of nitro groups is 1. The lowest BCUT2D eigenvalue weighted by molar-refractivity contribution is -0.384. The second-order valence-corrected chi connectivity index (χ2v) is 6.52. The van der Waals surface area contributed by atoms with Gasteiger partial charge < -0.3 is 4.74 Å². The highest BCUT2D eigenvalue weighted by Crippen LogP contribution is 2.27. The number of ether oxygens (including phenoxy) is 1. The summed E-state index contributed by atoms with van der Waals surface area (Å²) in [4.78, 5) is 22.4. The molecule has 7 heteroatoms. The fourth-order valence-electron chi connectivity index (χ4n) is 2.47. The molecule has 1 amide bonds. The molecule has 0 fully saturated rings. The summed E-state index contributed by atoms with van der Waals surface area (Å²) >= 11 is 0. The van der Waals surface area contributed by atoms with Crippen molar-refractivity contribution in [2.45, 2.75) is 33.6 Å². The van der Waals surface area contributed by atoms with Crippen molar-refractivity contribution in [3.8, 4) is 5.75 Å². The van der Waals surface area contributed by atoms with Crippen LogP contribution in [0.2, 0.25) is 0 Å². The van der Waals surface area contributed by atoms with Crippen molar-refractivity contribution in [3.63, 3.8) is 0 Å². The number of amides is 1. The predicted molar refractivity (Wildman–Crippen MR) is 104 cm³/mol. The largest absolute Gasteiger partial charge is 0.483 e. The van der Waals surface area contributed by atoms with Crippen molar-refractivity contribution < 1.29 is 14.5 Å². The maximum absolute atomic E-state index is 12.0. The number of hydrogen-bond acceptors (Lipinski definition) is 5. The fraction of sp³-hybridized carbons (Fsp3) is 0.300. The summed E-state index contributed by atoms with van der Waals surface area (Å²) in [5.41, 5.74) is 5.49. The van der Waals surface area contributed by atoms with Gasteiger partial charge in [-0.25, -0.2) is 5.43 Å². The number of nitrogens with zero attached hydrogens (tertiary/aromatic N) is 2. The first kappa shape index (κ1) is 20.1. The molecule has 1 N–H and O–H groups in total. The fourth-order valence-corrected chi connectivity index (χ4v) is 2.47. The lowest BCUT2D eigenvalue weighted by Gasteiger charge is -2.14. The standard InChI is InChI=1S/C20H23N3O4/c1-13(2)18-9-8-14(3)10-19(18)27-12-20(24)22-21-15(4)16-6-5-7-17(11-16)23(25)26/h5-11,13H,12H2,1-4H3,(H,22,24). The Morgan fingerprint density at radius 2 is 2.00 bits per heavy atom. The number of aryl methyl sites for hydroxylation is 1. The van der Waals surface area contributed by atoms with Gasteiger partial charge in [0.15, 0.2) is 6.61 Å². The zero-order valence-corrected chi connectivity index (χ0v) is 15.9. The van der Waals surface area contributed by atoms with Gasteiger partial charge in [-0.05, 0) is 37.0 Å². The van der Waals surface area contributed by atoms with Crippen LogP contribution in [-0.4, -0.2) is 23.1 Å². The van der Waals surface area contributed by atoms with Crippen LogP contribution >= 0.6 is 0 Å². The molecule has 0 spiro atoms. The van der Waals surface area contributed by atoms with E-state index in [9.17, 15) is 14.9 Å². The molecule has 27 heavy (non-hydrogen) atoms. The molecule has 0 heterocycles. The molecular weight excluding hydrogens is 346 g/mol. The van der Waals surface area contributed by atoms with Crippen LogP contribution in [0, 0.1) is 17.0 Å². The van der Waals surface area contributed by atoms with Gasteiger partial charge >= 0.3 is 0 Å². The minimum atomic E-state index is -0.475. The van der Waals surface area contributed by atoms with E-state index >= 15 is 0 Å². The summed E-state index contributed by atoms with van der Waals surface area (Å²) in [7, 11) is 0. The molecule has 0 bridgehead atoms. The van der Waals surface area contributed by atoms with E-state index in [2.05, 4.69) is 24.4 Å². The van der Waals surface area contributed by atoms with Crippen LogP contribution in [0.3, 0.4) is 0 Å². The first-order valence-electron chi connectivity index (χ1n) is 8.59. The van der Waals surface area contributed by atoms with Gasteiger partial charge in [-0.15, -0.1) is 0 Å². The van der Waals surface area contributed by atoms with Crippen molar-refractivity contribution in [2.75, 3.05) is 6.61 Å². The van der Waals surface area contributed by atoms with Gasteiger partial charge in [-0.1, -0.05) is 38.1 Å². The average Bonchev–Trinajstić information content (AvgIpc) is 2.64. The maximum atomic E-state index is 12.0. The Balaban J connectivity index is 2.00. The Morgan fingerprint density at radius 3 is 2.67 bits per heavy atom. The van der Waals surface area contributed by atoms with E-state index < -0.39 is 10.8 Å². The molecule has 0 radical (unpaired) electrons. The SMILES string of the molecule is CC(=NNC(=O)COc1cc(C)ccc1C(C)C)c1cccc([N+](=O)[O-])c1. The van der Waals surface area contributed by atoms with Gasteiger partial charge in [0, 0.05) is 17.7 Å². The van der Waals surface area contributed by atoms with E-state index in [0.29, 0.717) is 17.0 Å². The second kappa shape index (κ2) is 8.93. The quantitative estimate of drug-likeness (QED) is 0.454. The molecule has 7 nitrogen and oxygen atoms in total. The van der Waals surface area contributed by atoms with E-state index in [-0.39, 0.29) is 18.2 Å². The summed E-state index contributed by atoms with van der Waals surface area (Å²) in [5, 5.41) is 14.8. The van der Waals surface area contributed by atoms with Crippen LogP contribution in [0.25, 0.3) is 0 Å². The predicted octanol–water partition coefficient (Wildman–Crippen LogP) is 3.95. The first-order valence-corrected chi connectivity index (χ1v) is 8.59. The van der Waals surface area contributed by atoms with Crippen LogP contribution in [0.1, 0.15) is 43.4 Å². The zero-order valence-electron chi connectivity index (χ0n) is 15.9. The molecule has 0 saturated carbocycles. The van der Waals surface area contributed by atoms with Crippen molar-refractivity contribution in [1.82, 2.24) is 5.43 Å². The van der Waals surface area contributed by atoms with Crippen molar-refractivity contribution in [2.24, 2.45) is 5.10 Å². The third-order valence-corrected chi connectivity index (χ3v) is 3.97. The first-order chi connectivity index (χ1) is 12.8. The normalized spacial score (nSPS) is 11.4. The van der Waals surface area contributed by atoms with Gasteiger partial charge in [0.1, 0.15) is 5.75 Å². The molecule has 0 aromatic heterocycles. The Labute approximate surface area is 158 Å². The maximum Gasteiger partial charge on any atom is 0.277 e. The van der Waals surface area contributed by atoms with E-state index in [1.165, 1.54) is 12.1 Å². The Bertz CT molecular complexity index is 875. The van der Waals surface area contributed by atoms with E-state index in [1.54, 1.807) is 19.1 Å². The zero-order chi connectivity index (χ0) is 20.0.